The summed E-state index contributed by atoms with van der Waals surface area (Å²) in [5.74, 6) is 0.607. The van der Waals surface area contributed by atoms with Crippen LogP contribution in [0.1, 0.15) is 79.6 Å². The summed E-state index contributed by atoms with van der Waals surface area (Å²) in [7, 11) is 1.44. The van der Waals surface area contributed by atoms with Gasteiger partial charge in [0.05, 0.1) is 13.2 Å². The van der Waals surface area contributed by atoms with Crippen LogP contribution in [0.5, 0.6) is 23.0 Å². The van der Waals surface area contributed by atoms with Gasteiger partial charge in [-0.3, -0.25) is 0 Å². The highest BCUT2D eigenvalue weighted by Gasteiger charge is 2.31. The molecule has 2 aromatic carbocycles. The van der Waals surface area contributed by atoms with Crippen molar-refractivity contribution in [2.45, 2.75) is 72.1 Å². The Morgan fingerprint density at radius 2 is 2.03 bits per heavy atom. The number of fused-ring (bicyclic) bond motifs is 2. The number of amides is 1. The van der Waals surface area contributed by atoms with E-state index in [1.165, 1.54) is 7.11 Å². The number of cyclic esters (lactones) is 1. The smallest absolute Gasteiger partial charge is 0.415 e. The molecule has 1 fully saturated rings. The van der Waals surface area contributed by atoms with Crippen molar-refractivity contribution in [2.24, 2.45) is 5.92 Å². The van der Waals surface area contributed by atoms with Crippen LogP contribution in [0.15, 0.2) is 24.3 Å². The van der Waals surface area contributed by atoms with Crippen molar-refractivity contribution >= 4 is 12.1 Å². The number of carbonyl (C=O) groups excluding carboxylic acids is 2. The molecule has 1 unspecified atom stereocenters. The summed E-state index contributed by atoms with van der Waals surface area (Å²) in [6.07, 6.45) is 2.22. The molecule has 2 aliphatic heterocycles. The molecule has 2 aliphatic rings. The third-order valence-corrected chi connectivity index (χ3v) is 6.69. The molecule has 2 aromatic rings. The van der Waals surface area contributed by atoms with Gasteiger partial charge in [-0.05, 0) is 75.3 Å². The number of rotatable bonds is 5. The normalized spacial score (nSPS) is 18.2. The fourth-order valence-electron chi connectivity index (χ4n) is 4.87. The zero-order chi connectivity index (χ0) is 26.0. The lowest BCUT2D eigenvalue weighted by Gasteiger charge is -2.32. The molecule has 2 atom stereocenters. The number of aliphatic hydroxyl groups excluding tert-OH is 1. The van der Waals surface area contributed by atoms with Crippen LogP contribution in [0.4, 0.5) is 4.79 Å². The topological polar surface area (TPSA) is 94.5 Å². The first-order chi connectivity index (χ1) is 17.2. The van der Waals surface area contributed by atoms with Crippen LogP contribution < -0.4 is 14.2 Å². The first kappa shape index (κ1) is 25.8. The van der Waals surface area contributed by atoms with Crippen LogP contribution >= 0.6 is 0 Å². The summed E-state index contributed by atoms with van der Waals surface area (Å²) in [5.41, 5.74) is 2.01. The summed E-state index contributed by atoms with van der Waals surface area (Å²) >= 11 is 0. The number of piperidine rings is 1. The Balaban J connectivity index is 1.74. The third kappa shape index (κ3) is 5.28. The Labute approximate surface area is 212 Å². The second kappa shape index (κ2) is 10.8. The van der Waals surface area contributed by atoms with Crippen molar-refractivity contribution in [3.8, 4) is 23.0 Å². The maximum atomic E-state index is 13.1. The average Bonchev–Trinajstić information content (AvgIpc) is 2.82. The Kier molecular flexibility index (Phi) is 7.73. The SMILES string of the molecule is COc1c([C@@H](O)CC(C)C)ccc2c1C(=O)OCc1cc(C)cc(OC(=O)N3CCCCC3C)c1O2. The minimum Gasteiger partial charge on any atom is -0.495 e. The fourth-order valence-corrected chi connectivity index (χ4v) is 4.87. The number of aryl methyl sites for hydroxylation is 1. The zero-order valence-electron chi connectivity index (χ0n) is 21.6. The quantitative estimate of drug-likeness (QED) is 0.513. The molecule has 1 amide bonds. The van der Waals surface area contributed by atoms with Gasteiger partial charge in [-0.15, -0.1) is 0 Å². The van der Waals surface area contributed by atoms with Crippen LogP contribution in [0.3, 0.4) is 0 Å². The molecule has 0 aromatic heterocycles. The van der Waals surface area contributed by atoms with Crippen LogP contribution in [-0.2, 0) is 11.3 Å². The van der Waals surface area contributed by atoms with Gasteiger partial charge in [0.25, 0.3) is 0 Å². The van der Waals surface area contributed by atoms with E-state index in [2.05, 4.69) is 0 Å². The van der Waals surface area contributed by atoms with E-state index in [0.717, 1.165) is 24.8 Å². The average molecular weight is 498 g/mol. The van der Waals surface area contributed by atoms with E-state index < -0.39 is 18.2 Å². The van der Waals surface area contributed by atoms with Gasteiger partial charge in [-0.2, -0.15) is 0 Å². The fraction of sp³-hybridized carbons (Fsp3) is 0.500. The van der Waals surface area contributed by atoms with Crippen molar-refractivity contribution in [1.82, 2.24) is 4.90 Å². The van der Waals surface area contributed by atoms with E-state index in [-0.39, 0.29) is 41.4 Å². The minimum absolute atomic E-state index is 0.0676. The summed E-state index contributed by atoms with van der Waals surface area (Å²) in [4.78, 5) is 27.9. The molecule has 0 radical (unpaired) electrons. The first-order valence-electron chi connectivity index (χ1n) is 12.6. The van der Waals surface area contributed by atoms with E-state index in [0.29, 0.717) is 29.8 Å². The van der Waals surface area contributed by atoms with Gasteiger partial charge in [0.2, 0.25) is 0 Å². The number of hydrogen-bond donors (Lipinski definition) is 1. The highest BCUT2D eigenvalue weighted by molar-refractivity contribution is 5.96. The van der Waals surface area contributed by atoms with Crippen LogP contribution in [0, 0.1) is 12.8 Å². The molecule has 0 bridgehead atoms. The second-order valence-corrected chi connectivity index (χ2v) is 10.0. The predicted octanol–water partition coefficient (Wildman–Crippen LogP) is 5.92. The number of esters is 1. The molecule has 8 nitrogen and oxygen atoms in total. The van der Waals surface area contributed by atoms with Gasteiger partial charge in [-0.25, -0.2) is 9.59 Å². The monoisotopic (exact) mass is 497 g/mol. The van der Waals surface area contributed by atoms with Gasteiger partial charge < -0.3 is 29.0 Å². The van der Waals surface area contributed by atoms with Crippen LogP contribution in [0.2, 0.25) is 0 Å². The Morgan fingerprint density at radius 3 is 2.72 bits per heavy atom. The van der Waals surface area contributed by atoms with Gasteiger partial charge in [0.15, 0.2) is 11.5 Å². The molecule has 36 heavy (non-hydrogen) atoms. The molecule has 194 valence electrons. The highest BCUT2D eigenvalue weighted by Crippen LogP contribution is 2.44. The van der Waals surface area contributed by atoms with Crippen molar-refractivity contribution in [2.75, 3.05) is 13.7 Å². The third-order valence-electron chi connectivity index (χ3n) is 6.69. The number of aliphatic hydroxyl groups is 1. The number of carbonyl (C=O) groups is 2. The lowest BCUT2D eigenvalue weighted by atomic mass is 9.96. The van der Waals surface area contributed by atoms with Crippen molar-refractivity contribution in [1.29, 1.82) is 0 Å². The maximum absolute atomic E-state index is 13.1. The molecular weight excluding hydrogens is 462 g/mol. The highest BCUT2D eigenvalue weighted by atomic mass is 16.6. The number of likely N-dealkylation sites (tertiary alicyclic amines) is 1. The second-order valence-electron chi connectivity index (χ2n) is 10.0. The number of nitrogens with zero attached hydrogens (tertiary/aromatic N) is 1. The standard InChI is InChI=1S/C28H35NO7/c1-16(2)12-21(30)20-9-10-22-24(26(20)33-5)27(31)34-15-19-13-17(3)14-23(25(19)35-22)36-28(32)29-11-7-6-8-18(29)4/h9-10,13-14,16,18,21,30H,6-8,11-12,15H2,1-5H3/t18?,21-/m0/s1. The summed E-state index contributed by atoms with van der Waals surface area (Å²) < 4.78 is 23.3. The molecule has 1 saturated heterocycles. The molecule has 2 heterocycles. The number of ether oxygens (including phenoxy) is 4. The lowest BCUT2D eigenvalue weighted by Crippen LogP contribution is -2.43. The van der Waals surface area contributed by atoms with Crippen molar-refractivity contribution in [3.05, 3.63) is 46.5 Å². The van der Waals surface area contributed by atoms with E-state index >= 15 is 0 Å². The molecule has 0 aliphatic carbocycles. The van der Waals surface area contributed by atoms with Gasteiger partial charge in [0.1, 0.15) is 23.7 Å². The van der Waals surface area contributed by atoms with E-state index in [1.54, 1.807) is 23.1 Å². The summed E-state index contributed by atoms with van der Waals surface area (Å²) in [6, 6.07) is 6.99. The molecule has 1 N–H and O–H groups in total. The lowest BCUT2D eigenvalue weighted by molar-refractivity contribution is 0.0453. The Morgan fingerprint density at radius 1 is 1.25 bits per heavy atom. The summed E-state index contributed by atoms with van der Waals surface area (Å²) in [6.45, 7) is 8.49. The largest absolute Gasteiger partial charge is 0.495 e. The Bertz CT molecular complexity index is 1140. The molecule has 0 spiro atoms. The first-order valence-corrected chi connectivity index (χ1v) is 12.6. The molecule has 8 heteroatoms. The maximum Gasteiger partial charge on any atom is 0.415 e. The zero-order valence-corrected chi connectivity index (χ0v) is 21.6. The molecule has 4 rings (SSSR count). The van der Waals surface area contributed by atoms with Gasteiger partial charge >= 0.3 is 12.1 Å². The van der Waals surface area contributed by atoms with Crippen LogP contribution in [0.25, 0.3) is 0 Å². The summed E-state index contributed by atoms with van der Waals surface area (Å²) in [5, 5.41) is 10.8. The molecular formula is C28H35NO7. The predicted molar refractivity (Wildman–Crippen MR) is 134 cm³/mol. The minimum atomic E-state index is -0.818. The number of methoxy groups -OCH3 is 1. The van der Waals surface area contributed by atoms with E-state index in [9.17, 15) is 14.7 Å². The van der Waals surface area contributed by atoms with Gasteiger partial charge in [0, 0.05) is 23.7 Å². The number of hydrogen-bond acceptors (Lipinski definition) is 7. The van der Waals surface area contributed by atoms with Crippen LogP contribution in [-0.4, -0.2) is 41.8 Å². The number of benzene rings is 2. The molecule has 0 saturated carbocycles. The van der Waals surface area contributed by atoms with Crippen molar-refractivity contribution in [3.63, 3.8) is 0 Å². The van der Waals surface area contributed by atoms with E-state index in [4.69, 9.17) is 18.9 Å². The van der Waals surface area contributed by atoms with Gasteiger partial charge in [-0.1, -0.05) is 13.8 Å². The van der Waals surface area contributed by atoms with Crippen molar-refractivity contribution < 1.29 is 33.6 Å². The van der Waals surface area contributed by atoms with E-state index in [1.807, 2.05) is 33.8 Å². The Hall–Kier alpha value is -3.26.